The highest BCUT2D eigenvalue weighted by Crippen LogP contribution is 2.74. The summed E-state index contributed by atoms with van der Waals surface area (Å²) in [5, 5.41) is 32.9. The zero-order valence-corrected chi connectivity index (χ0v) is 23.8. The molecule has 4 rings (SSSR count). The maximum atomic E-state index is 12.6. The highest BCUT2D eigenvalue weighted by molar-refractivity contribution is 5.88. The number of carboxylic acids is 1. The summed E-state index contributed by atoms with van der Waals surface area (Å²) < 4.78 is 5.87. The fraction of sp³-hybridized carbons (Fsp3) is 0.806. The van der Waals surface area contributed by atoms with Crippen LogP contribution in [0.2, 0.25) is 0 Å². The third-order valence-electron chi connectivity index (χ3n) is 11.6. The van der Waals surface area contributed by atoms with Gasteiger partial charge in [-0.3, -0.25) is 4.79 Å². The van der Waals surface area contributed by atoms with E-state index in [4.69, 9.17) is 4.74 Å². The minimum Gasteiger partial charge on any atom is -0.478 e. The molecule has 3 N–H and O–H groups in total. The minimum atomic E-state index is -0.953. The van der Waals surface area contributed by atoms with Crippen LogP contribution in [0.25, 0.3) is 0 Å². The Labute approximate surface area is 222 Å². The predicted molar refractivity (Wildman–Crippen MR) is 143 cm³/mol. The number of carbonyl (C=O) groups is 2. The van der Waals surface area contributed by atoms with Crippen molar-refractivity contribution < 1.29 is 29.6 Å². The lowest BCUT2D eigenvalue weighted by atomic mass is 9.36. The van der Waals surface area contributed by atoms with Crippen LogP contribution >= 0.6 is 0 Å². The molecule has 37 heavy (non-hydrogen) atoms. The number of aliphatic carboxylic acids is 1. The van der Waals surface area contributed by atoms with Gasteiger partial charge in [-0.1, -0.05) is 39.3 Å². The largest absolute Gasteiger partial charge is 0.478 e. The molecule has 0 unspecified atom stereocenters. The maximum absolute atomic E-state index is 12.6. The molecule has 4 aliphatic rings. The van der Waals surface area contributed by atoms with E-state index >= 15 is 0 Å². The molecule has 6 nitrogen and oxygen atoms in total. The zero-order valence-electron chi connectivity index (χ0n) is 23.8. The molecule has 4 fully saturated rings. The number of aliphatic hydroxyl groups is 2. The summed E-state index contributed by atoms with van der Waals surface area (Å²) in [6.07, 6.45) is 6.22. The number of esters is 1. The third-order valence-corrected chi connectivity index (χ3v) is 11.6. The van der Waals surface area contributed by atoms with Gasteiger partial charge < -0.3 is 20.1 Å². The molecule has 0 heterocycles. The second-order valence-electron chi connectivity index (χ2n) is 13.6. The molecule has 0 amide bonds. The summed E-state index contributed by atoms with van der Waals surface area (Å²) in [7, 11) is 0. The lowest BCUT2D eigenvalue weighted by molar-refractivity contribution is -0.234. The quantitative estimate of drug-likeness (QED) is 0.247. The fourth-order valence-electron chi connectivity index (χ4n) is 9.79. The Morgan fingerprint density at radius 2 is 1.70 bits per heavy atom. The number of allylic oxidation sites excluding steroid dienone is 2. The van der Waals surface area contributed by atoms with Crippen molar-refractivity contribution in [3.05, 3.63) is 22.8 Å². The summed E-state index contributed by atoms with van der Waals surface area (Å²) in [6, 6.07) is 0. The SMILES string of the molecule is CC(=O)O[C@@H]1C[C@@]2(C)[C@H](C[C@@H](O)[C@H]3[C@@]4(C)CC[C@@H](O)[C@H](C)[C@@H]4CC[C@]32C)/C1=C(\CCC=C(C)C)C(=O)O. The number of ether oxygens (including phenoxy) is 1. The van der Waals surface area contributed by atoms with Crippen LogP contribution < -0.4 is 0 Å². The van der Waals surface area contributed by atoms with Gasteiger partial charge in [0.2, 0.25) is 0 Å². The molecule has 6 heteroatoms. The van der Waals surface area contributed by atoms with Crippen LogP contribution in [0, 0.1) is 39.9 Å². The first-order chi connectivity index (χ1) is 17.2. The molecule has 0 bridgehead atoms. The molecule has 0 aromatic carbocycles. The van der Waals surface area contributed by atoms with Crippen LogP contribution in [0.5, 0.6) is 0 Å². The van der Waals surface area contributed by atoms with Crippen molar-refractivity contribution in [2.24, 2.45) is 39.9 Å². The Morgan fingerprint density at radius 1 is 1.03 bits per heavy atom. The number of carbonyl (C=O) groups excluding carboxylic acids is 1. The van der Waals surface area contributed by atoms with Gasteiger partial charge in [-0.05, 0) is 111 Å². The van der Waals surface area contributed by atoms with E-state index < -0.39 is 24.1 Å². The van der Waals surface area contributed by atoms with Crippen LogP contribution in [0.15, 0.2) is 22.8 Å². The van der Waals surface area contributed by atoms with Gasteiger partial charge in [-0.2, -0.15) is 0 Å². The molecular weight excluding hydrogens is 468 g/mol. The first-order valence-corrected chi connectivity index (χ1v) is 14.3. The normalized spacial score (nSPS) is 46.2. The Bertz CT molecular complexity index is 994. The van der Waals surface area contributed by atoms with Gasteiger partial charge in [0.1, 0.15) is 6.10 Å². The fourth-order valence-corrected chi connectivity index (χ4v) is 9.79. The first-order valence-electron chi connectivity index (χ1n) is 14.3. The number of rotatable bonds is 5. The number of hydrogen-bond donors (Lipinski definition) is 3. The smallest absolute Gasteiger partial charge is 0.331 e. The molecule has 208 valence electrons. The number of fused-ring (bicyclic) bond motifs is 5. The van der Waals surface area contributed by atoms with E-state index in [0.717, 1.165) is 36.8 Å². The summed E-state index contributed by atoms with van der Waals surface area (Å²) in [6.45, 7) is 14.5. The van der Waals surface area contributed by atoms with E-state index in [-0.39, 0.29) is 40.1 Å². The minimum absolute atomic E-state index is 0.0474. The van der Waals surface area contributed by atoms with Crippen LogP contribution in [0.4, 0.5) is 0 Å². The molecule has 0 aromatic rings. The van der Waals surface area contributed by atoms with Gasteiger partial charge >= 0.3 is 11.9 Å². The average molecular weight is 517 g/mol. The molecule has 0 spiro atoms. The second-order valence-corrected chi connectivity index (χ2v) is 13.6. The van der Waals surface area contributed by atoms with Crippen molar-refractivity contribution in [2.45, 2.75) is 118 Å². The highest BCUT2D eigenvalue weighted by atomic mass is 16.5. The van der Waals surface area contributed by atoms with E-state index in [1.807, 2.05) is 19.9 Å². The van der Waals surface area contributed by atoms with Gasteiger partial charge in [0.05, 0.1) is 12.2 Å². The summed E-state index contributed by atoms with van der Waals surface area (Å²) in [4.78, 5) is 24.8. The van der Waals surface area contributed by atoms with Crippen molar-refractivity contribution >= 4 is 11.9 Å². The lowest BCUT2D eigenvalue weighted by Crippen LogP contribution is -2.65. The number of hydrogen-bond acceptors (Lipinski definition) is 5. The van der Waals surface area contributed by atoms with E-state index in [1.54, 1.807) is 0 Å². The molecular formula is C31H48O6. The lowest BCUT2D eigenvalue weighted by Gasteiger charge is -2.69. The maximum Gasteiger partial charge on any atom is 0.331 e. The van der Waals surface area contributed by atoms with Crippen LogP contribution in [0.3, 0.4) is 0 Å². The van der Waals surface area contributed by atoms with Crippen molar-refractivity contribution in [1.29, 1.82) is 0 Å². The second kappa shape index (κ2) is 9.82. The molecule has 0 radical (unpaired) electrons. The molecule has 10 atom stereocenters. The molecule has 4 saturated carbocycles. The predicted octanol–water partition coefficient (Wildman–Crippen LogP) is 5.67. The number of carboxylic acid groups (broad SMARTS) is 1. The van der Waals surface area contributed by atoms with E-state index in [2.05, 4.69) is 27.7 Å². The molecule has 0 aromatic heterocycles. The number of aliphatic hydroxyl groups excluding tert-OH is 2. The van der Waals surface area contributed by atoms with Crippen LogP contribution in [0.1, 0.15) is 99.8 Å². The van der Waals surface area contributed by atoms with Crippen LogP contribution in [-0.2, 0) is 14.3 Å². The Balaban J connectivity index is 1.82. The Morgan fingerprint density at radius 3 is 2.30 bits per heavy atom. The van der Waals surface area contributed by atoms with E-state index in [9.17, 15) is 24.9 Å². The Kier molecular flexibility index (Phi) is 7.53. The summed E-state index contributed by atoms with van der Waals surface area (Å²) in [5.74, 6) is -0.909. The van der Waals surface area contributed by atoms with Gasteiger partial charge in [-0.15, -0.1) is 0 Å². The van der Waals surface area contributed by atoms with Crippen molar-refractivity contribution in [3.8, 4) is 0 Å². The molecule has 0 aliphatic heterocycles. The summed E-state index contributed by atoms with van der Waals surface area (Å²) in [5.41, 5.74) is 1.57. The molecule has 0 saturated heterocycles. The molecule has 4 aliphatic carbocycles. The van der Waals surface area contributed by atoms with Crippen molar-refractivity contribution in [1.82, 2.24) is 0 Å². The van der Waals surface area contributed by atoms with Crippen molar-refractivity contribution in [3.63, 3.8) is 0 Å². The average Bonchev–Trinajstić information content (AvgIpc) is 3.05. The zero-order chi connectivity index (χ0) is 27.5. The Hall–Kier alpha value is -1.66. The summed E-state index contributed by atoms with van der Waals surface area (Å²) >= 11 is 0. The first kappa shape index (κ1) is 28.4. The van der Waals surface area contributed by atoms with E-state index in [0.29, 0.717) is 37.2 Å². The van der Waals surface area contributed by atoms with E-state index in [1.165, 1.54) is 6.92 Å². The third kappa shape index (κ3) is 4.40. The van der Waals surface area contributed by atoms with Crippen molar-refractivity contribution in [2.75, 3.05) is 0 Å². The monoisotopic (exact) mass is 516 g/mol. The van der Waals surface area contributed by atoms with Gasteiger partial charge in [0.25, 0.3) is 0 Å². The standard InChI is InChI=1S/C31H48O6/c1-17(2)9-8-10-20(28(35)36)26-22-15-24(34)27-29(5)13-12-23(33)18(3)21(29)11-14-30(27,6)31(22,7)16-25(26)37-19(4)32/h9,18,21-25,27,33-34H,8,10-16H2,1-7H3,(H,35,36)/b26-20-/t18-,21+,22-,23-,24-,25-,27+,29+,30-,31+/m1/s1. The van der Waals surface area contributed by atoms with Crippen LogP contribution in [-0.4, -0.2) is 45.6 Å². The van der Waals surface area contributed by atoms with Gasteiger partial charge in [0, 0.05) is 12.5 Å². The van der Waals surface area contributed by atoms with Gasteiger partial charge in [0.15, 0.2) is 0 Å². The topological polar surface area (TPSA) is 104 Å². The highest BCUT2D eigenvalue weighted by Gasteiger charge is 2.70. The van der Waals surface area contributed by atoms with Gasteiger partial charge in [-0.25, -0.2) is 4.79 Å².